The van der Waals surface area contributed by atoms with Crippen LogP contribution in [-0.2, 0) is 34.1 Å². The summed E-state index contributed by atoms with van der Waals surface area (Å²) in [5.41, 5.74) is -2.85. The Morgan fingerprint density at radius 2 is 0.809 bits per heavy atom. The van der Waals surface area contributed by atoms with Gasteiger partial charge < -0.3 is 59.9 Å². The van der Waals surface area contributed by atoms with Crippen LogP contribution in [0.25, 0.3) is 44.6 Å². The van der Waals surface area contributed by atoms with E-state index in [-0.39, 0.29) is 73.5 Å². The molecular formula is C30H12Fe2O14Se. The molecule has 0 saturated carbocycles. The van der Waals surface area contributed by atoms with E-state index in [1.165, 1.54) is 0 Å². The quantitative estimate of drug-likeness (QED) is 0.190. The summed E-state index contributed by atoms with van der Waals surface area (Å²) in [6, 6.07) is 9.57. The maximum absolute atomic E-state index is 12.0. The minimum Gasteiger partial charge on any atom is -0.873 e. The average molecular weight is 787 g/mol. The predicted molar refractivity (Wildman–Crippen MR) is 140 cm³/mol. The first-order valence-corrected chi connectivity index (χ1v) is 12.1. The van der Waals surface area contributed by atoms with Crippen LogP contribution in [0.1, 0.15) is 0 Å². The van der Waals surface area contributed by atoms with Gasteiger partial charge in [0.25, 0.3) is 0 Å². The Morgan fingerprint density at radius 3 is 1.13 bits per heavy atom. The molecule has 0 spiro atoms. The normalized spacial score (nSPS) is 10.2. The van der Waals surface area contributed by atoms with E-state index < -0.39 is 90.6 Å². The second-order valence-electron chi connectivity index (χ2n) is 9.14. The predicted octanol–water partition coefficient (Wildman–Crippen LogP) is -1.47. The zero-order valence-electron chi connectivity index (χ0n) is 22.7. The second kappa shape index (κ2) is 14.5. The van der Waals surface area contributed by atoms with Gasteiger partial charge in [0.05, 0.1) is 10.8 Å². The van der Waals surface area contributed by atoms with Crippen LogP contribution in [0.2, 0.25) is 0 Å². The topological polar surface area (TPSA) is 285 Å². The Balaban J connectivity index is 0.000000307. The number of aromatic hydroxyl groups is 2. The van der Waals surface area contributed by atoms with E-state index in [4.69, 9.17) is 8.83 Å². The van der Waals surface area contributed by atoms with Gasteiger partial charge in [0.1, 0.15) is 34.2 Å². The van der Waals surface area contributed by atoms with Crippen molar-refractivity contribution >= 4 is 39.0 Å². The monoisotopic (exact) mass is 788 g/mol. The van der Waals surface area contributed by atoms with Crippen molar-refractivity contribution in [2.45, 2.75) is 0 Å². The molecule has 0 amide bonds. The van der Waals surface area contributed by atoms with Crippen molar-refractivity contribution < 1.29 is 94.0 Å². The molecule has 0 aliphatic carbocycles. The van der Waals surface area contributed by atoms with Crippen molar-refractivity contribution in [1.29, 1.82) is 0 Å². The van der Waals surface area contributed by atoms with Gasteiger partial charge in [-0.1, -0.05) is 47.9 Å². The van der Waals surface area contributed by atoms with Crippen LogP contribution in [0.4, 0.5) is 0 Å². The van der Waals surface area contributed by atoms with Gasteiger partial charge in [0, 0.05) is 23.3 Å². The fraction of sp³-hybridized carbons (Fsp3) is 0. The van der Waals surface area contributed by atoms with E-state index in [1.807, 2.05) is 0 Å². The van der Waals surface area contributed by atoms with Gasteiger partial charge >= 0.3 is 51.2 Å². The van der Waals surface area contributed by atoms with Crippen LogP contribution in [0.15, 0.2) is 79.1 Å². The van der Waals surface area contributed by atoms with E-state index >= 15 is 0 Å². The molecule has 0 unspecified atom stereocenters. The van der Waals surface area contributed by atoms with Gasteiger partial charge in [-0.3, -0.25) is 9.59 Å². The third-order valence-electron chi connectivity index (χ3n) is 6.22. The minimum atomic E-state index is -1.10. The molecule has 0 bridgehead atoms. The van der Waals surface area contributed by atoms with Crippen molar-refractivity contribution in [2.75, 3.05) is 0 Å². The van der Waals surface area contributed by atoms with Gasteiger partial charge in [0.2, 0.25) is 0 Å². The minimum absolute atomic E-state index is 0. The first kappa shape index (κ1) is 38.0. The summed E-state index contributed by atoms with van der Waals surface area (Å²) in [7, 11) is 0. The molecule has 17 heteroatoms. The molecule has 6 aromatic rings. The van der Waals surface area contributed by atoms with Crippen molar-refractivity contribution in [2.24, 2.45) is 0 Å². The Labute approximate surface area is 293 Å². The second-order valence-corrected chi connectivity index (χ2v) is 9.14. The molecule has 0 atom stereocenters. The molecule has 47 heavy (non-hydrogen) atoms. The molecule has 14 nitrogen and oxygen atoms in total. The summed E-state index contributed by atoms with van der Waals surface area (Å²) >= 11 is 0. The standard InChI is InChI=1S/2C15H10O7.2Fe.Se/c2*16-7-4-10(19)12-11(5-7)22-15(14(21)13(12)20)6-1-2-8(17)9(18)3-6;;;/h2*1-5,16-19,21H;;;/q;;2*+2;+4/p-8. The number of rotatable bonds is 2. The van der Waals surface area contributed by atoms with Crippen LogP contribution < -0.4 is 51.7 Å². The molecule has 238 valence electrons. The fourth-order valence-electron chi connectivity index (χ4n) is 4.19. The first-order chi connectivity index (χ1) is 20.8. The summed E-state index contributed by atoms with van der Waals surface area (Å²) in [4.78, 5) is 24.0. The average Bonchev–Trinajstić information content (AvgIpc) is 2.95. The molecule has 0 fully saturated rings. The molecule has 0 aliphatic heterocycles. The molecule has 2 radical (unpaired) electrons. The van der Waals surface area contributed by atoms with E-state index in [9.17, 15) is 60.7 Å². The third kappa shape index (κ3) is 7.16. The number of hydrogen-bond acceptors (Lipinski definition) is 14. The van der Waals surface area contributed by atoms with Crippen molar-refractivity contribution in [3.05, 3.63) is 81.1 Å². The van der Waals surface area contributed by atoms with Crippen LogP contribution in [-0.4, -0.2) is 27.3 Å². The molecular weight excluding hydrogens is 775 g/mol. The Kier molecular flexibility index (Phi) is 11.8. The summed E-state index contributed by atoms with van der Waals surface area (Å²) in [5.74, 6) is -8.94. The maximum atomic E-state index is 12.0. The Morgan fingerprint density at radius 1 is 0.468 bits per heavy atom. The number of phenols is 2. The summed E-state index contributed by atoms with van der Waals surface area (Å²) < 4.78 is 10.4. The van der Waals surface area contributed by atoms with Crippen molar-refractivity contribution in [1.82, 2.24) is 0 Å². The van der Waals surface area contributed by atoms with Gasteiger partial charge in [-0.25, -0.2) is 0 Å². The zero-order valence-corrected chi connectivity index (χ0v) is 26.6. The van der Waals surface area contributed by atoms with E-state index in [0.29, 0.717) is 0 Å². The maximum Gasteiger partial charge on any atom is 4.00 e. The largest absolute Gasteiger partial charge is 4.00 e. The first-order valence-electron chi connectivity index (χ1n) is 12.1. The molecule has 2 aromatic heterocycles. The summed E-state index contributed by atoms with van der Waals surface area (Å²) in [5, 5.41) is 110. The number of fused-ring (bicyclic) bond motifs is 2. The van der Waals surface area contributed by atoms with Gasteiger partial charge in [-0.2, -0.15) is 0 Å². The molecule has 0 saturated heterocycles. The van der Waals surface area contributed by atoms with Gasteiger partial charge in [0.15, 0.2) is 10.9 Å². The molecule has 4 aromatic carbocycles. The molecule has 2 N–H and O–H groups in total. The summed E-state index contributed by atoms with van der Waals surface area (Å²) in [6.07, 6.45) is 0. The van der Waals surface area contributed by atoms with Crippen LogP contribution >= 0.6 is 0 Å². The van der Waals surface area contributed by atoms with Crippen LogP contribution in [0, 0.1) is 0 Å². The smallest absolute Gasteiger partial charge is 0.873 e. The molecule has 0 aliphatic rings. The Bertz CT molecular complexity index is 2090. The van der Waals surface area contributed by atoms with Crippen molar-refractivity contribution in [3.8, 4) is 80.1 Å². The SMILES string of the molecule is O=c1c([O-])c(-c2ccc([O-])c([O-])c2)oc2cc(O)cc([O-])c12.O=c1c([O-])c(-c2ccc([O-])c([O-])c2)oc2cc(O)cc([O-])c12.[Fe+2].[Fe+2].[Se+4]. The van der Waals surface area contributed by atoms with Crippen molar-refractivity contribution in [3.63, 3.8) is 0 Å². The van der Waals surface area contributed by atoms with Crippen LogP contribution in [0.5, 0.6) is 57.5 Å². The van der Waals surface area contributed by atoms with Crippen LogP contribution in [0.3, 0.4) is 0 Å². The number of phenolic OH excluding ortho intramolecular Hbond substituents is 2. The summed E-state index contributed by atoms with van der Waals surface area (Å²) in [6.45, 7) is 0. The van der Waals surface area contributed by atoms with Gasteiger partial charge in [-0.15, -0.1) is 23.0 Å². The Hall–Kier alpha value is -5.14. The fourth-order valence-corrected chi connectivity index (χ4v) is 4.19. The van der Waals surface area contributed by atoms with E-state index in [0.717, 1.165) is 60.7 Å². The zero-order chi connectivity index (χ0) is 32.0. The van der Waals surface area contributed by atoms with Gasteiger partial charge in [-0.05, 0) is 23.6 Å². The molecule has 2 heterocycles. The van der Waals surface area contributed by atoms with E-state index in [2.05, 4.69) is 0 Å². The number of hydrogen-bond donors (Lipinski definition) is 2. The van der Waals surface area contributed by atoms with E-state index in [1.54, 1.807) is 0 Å². The number of benzene rings is 4. The molecule has 6 rings (SSSR count). The third-order valence-corrected chi connectivity index (χ3v) is 6.22.